The summed E-state index contributed by atoms with van der Waals surface area (Å²) < 4.78 is 24.4. The van der Waals surface area contributed by atoms with Crippen molar-refractivity contribution in [2.24, 2.45) is 5.92 Å². The minimum atomic E-state index is -0.336. The molecule has 1 unspecified atom stereocenters. The monoisotopic (exact) mass is 343 g/mol. The number of rotatable bonds is 5. The second kappa shape index (κ2) is 7.55. The van der Waals surface area contributed by atoms with Crippen molar-refractivity contribution in [2.45, 2.75) is 26.3 Å². The van der Waals surface area contributed by atoms with Gasteiger partial charge in [0.25, 0.3) is 0 Å². The van der Waals surface area contributed by atoms with Crippen molar-refractivity contribution in [2.75, 3.05) is 13.2 Å². The predicted octanol–water partition coefficient (Wildman–Crippen LogP) is 3.65. The topological polar surface area (TPSA) is 47.6 Å². The zero-order valence-electron chi connectivity index (χ0n) is 14.4. The van der Waals surface area contributed by atoms with Gasteiger partial charge in [-0.05, 0) is 41.3 Å². The van der Waals surface area contributed by atoms with E-state index in [1.165, 1.54) is 12.1 Å². The quantitative estimate of drug-likeness (QED) is 0.901. The molecule has 132 valence electrons. The number of carbonyl (C=O) groups excluding carboxylic acids is 1. The highest BCUT2D eigenvalue weighted by molar-refractivity contribution is 5.79. The van der Waals surface area contributed by atoms with Crippen molar-refractivity contribution in [1.82, 2.24) is 5.32 Å². The summed E-state index contributed by atoms with van der Waals surface area (Å²) >= 11 is 0. The van der Waals surface area contributed by atoms with Crippen molar-refractivity contribution >= 4 is 5.91 Å². The van der Waals surface area contributed by atoms with Crippen LogP contribution in [0.1, 0.15) is 31.0 Å². The number of halogens is 1. The highest BCUT2D eigenvalue weighted by atomic mass is 19.1. The largest absolute Gasteiger partial charge is 0.486 e. The van der Waals surface area contributed by atoms with Crippen LogP contribution in [0, 0.1) is 11.7 Å². The molecule has 0 fully saturated rings. The second-order valence-electron chi connectivity index (χ2n) is 6.50. The maximum atomic E-state index is 13.3. The lowest BCUT2D eigenvalue weighted by Gasteiger charge is -2.25. The van der Waals surface area contributed by atoms with E-state index in [9.17, 15) is 9.18 Å². The molecule has 1 aliphatic heterocycles. The molecule has 0 saturated heterocycles. The average molecular weight is 343 g/mol. The maximum Gasteiger partial charge on any atom is 0.224 e. The van der Waals surface area contributed by atoms with Crippen LogP contribution < -0.4 is 14.8 Å². The zero-order valence-corrected chi connectivity index (χ0v) is 14.4. The molecule has 0 spiro atoms. The zero-order chi connectivity index (χ0) is 17.8. The van der Waals surface area contributed by atoms with Crippen LogP contribution in [0.2, 0.25) is 0 Å². The van der Waals surface area contributed by atoms with Crippen LogP contribution in [0.15, 0.2) is 42.5 Å². The molecule has 1 amide bonds. The summed E-state index contributed by atoms with van der Waals surface area (Å²) in [5, 5.41) is 3.05. The summed E-state index contributed by atoms with van der Waals surface area (Å²) in [4.78, 5) is 12.4. The number of hydrogen-bond acceptors (Lipinski definition) is 3. The minimum Gasteiger partial charge on any atom is -0.486 e. The molecule has 0 aliphatic carbocycles. The molecule has 0 aromatic heterocycles. The van der Waals surface area contributed by atoms with Gasteiger partial charge in [0, 0.05) is 0 Å². The molecule has 1 aliphatic rings. The van der Waals surface area contributed by atoms with Gasteiger partial charge in [-0.2, -0.15) is 0 Å². The fourth-order valence-electron chi connectivity index (χ4n) is 2.95. The first-order valence-corrected chi connectivity index (χ1v) is 8.46. The Balaban J connectivity index is 1.74. The molecule has 1 heterocycles. The third-order valence-corrected chi connectivity index (χ3v) is 4.16. The number of fused-ring (bicyclic) bond motifs is 1. The molecule has 2 aromatic carbocycles. The Labute approximate surface area is 147 Å². The first-order valence-electron chi connectivity index (χ1n) is 8.46. The van der Waals surface area contributed by atoms with Gasteiger partial charge in [0.1, 0.15) is 19.0 Å². The maximum absolute atomic E-state index is 13.3. The summed E-state index contributed by atoms with van der Waals surface area (Å²) in [6.07, 6.45) is 0.144. The van der Waals surface area contributed by atoms with Crippen LogP contribution in [0.3, 0.4) is 0 Å². The van der Waals surface area contributed by atoms with Crippen LogP contribution in [0.4, 0.5) is 4.39 Å². The molecule has 4 nitrogen and oxygen atoms in total. The van der Waals surface area contributed by atoms with Gasteiger partial charge in [0.05, 0.1) is 12.5 Å². The van der Waals surface area contributed by atoms with Gasteiger partial charge < -0.3 is 14.8 Å². The number of ether oxygens (including phenoxy) is 2. The van der Waals surface area contributed by atoms with Gasteiger partial charge in [0.2, 0.25) is 5.91 Å². The molecular weight excluding hydrogens is 321 g/mol. The summed E-state index contributed by atoms with van der Waals surface area (Å²) in [5.74, 6) is 1.15. The number of hydrogen-bond donors (Lipinski definition) is 1. The predicted molar refractivity (Wildman–Crippen MR) is 93.3 cm³/mol. The molecular formula is C20H22FNO3. The Morgan fingerprint density at radius 3 is 2.60 bits per heavy atom. The van der Waals surface area contributed by atoms with Gasteiger partial charge in [-0.1, -0.05) is 32.0 Å². The van der Waals surface area contributed by atoms with Gasteiger partial charge in [-0.3, -0.25) is 4.79 Å². The molecule has 0 bridgehead atoms. The molecule has 1 N–H and O–H groups in total. The molecule has 25 heavy (non-hydrogen) atoms. The lowest BCUT2D eigenvalue weighted by Crippen LogP contribution is -2.33. The van der Waals surface area contributed by atoms with Crippen molar-refractivity contribution in [1.29, 1.82) is 0 Å². The van der Waals surface area contributed by atoms with E-state index in [4.69, 9.17) is 9.47 Å². The SMILES string of the molecule is CC(C)C(NC(=O)Cc1cccc(F)c1)c1ccc2c(c1)OCCO2. The molecule has 1 atom stereocenters. The Bertz CT molecular complexity index is 760. The Kier molecular flexibility index (Phi) is 5.22. The standard InChI is InChI=1S/C20H22FNO3/c1-13(2)20(15-6-7-17-18(12-15)25-9-8-24-17)22-19(23)11-14-4-3-5-16(21)10-14/h3-7,10,12-13,20H,8-9,11H2,1-2H3,(H,22,23). The van der Waals surface area contributed by atoms with E-state index in [1.54, 1.807) is 12.1 Å². The van der Waals surface area contributed by atoms with E-state index >= 15 is 0 Å². The Morgan fingerprint density at radius 1 is 1.12 bits per heavy atom. The molecule has 0 saturated carbocycles. The summed E-state index contributed by atoms with van der Waals surface area (Å²) in [7, 11) is 0. The third kappa shape index (κ3) is 4.29. The number of nitrogens with one attached hydrogen (secondary N) is 1. The van der Waals surface area contributed by atoms with E-state index in [-0.39, 0.29) is 30.1 Å². The average Bonchev–Trinajstić information content (AvgIpc) is 2.59. The van der Waals surface area contributed by atoms with Crippen LogP contribution in [0.25, 0.3) is 0 Å². The molecule has 2 aromatic rings. The lowest BCUT2D eigenvalue weighted by molar-refractivity contribution is -0.121. The summed E-state index contributed by atoms with van der Waals surface area (Å²) in [6.45, 7) is 5.16. The smallest absolute Gasteiger partial charge is 0.224 e. The van der Waals surface area contributed by atoms with Gasteiger partial charge >= 0.3 is 0 Å². The van der Waals surface area contributed by atoms with Crippen LogP contribution in [0.5, 0.6) is 11.5 Å². The molecule has 0 radical (unpaired) electrons. The van der Waals surface area contributed by atoms with Gasteiger partial charge in [0.15, 0.2) is 11.5 Å². The van der Waals surface area contributed by atoms with E-state index in [0.29, 0.717) is 24.5 Å². The fourth-order valence-corrected chi connectivity index (χ4v) is 2.95. The van der Waals surface area contributed by atoms with Gasteiger partial charge in [-0.15, -0.1) is 0 Å². The minimum absolute atomic E-state index is 0.140. The highest BCUT2D eigenvalue weighted by Gasteiger charge is 2.21. The Hall–Kier alpha value is -2.56. The highest BCUT2D eigenvalue weighted by Crippen LogP contribution is 2.34. The van der Waals surface area contributed by atoms with Crippen LogP contribution in [-0.2, 0) is 11.2 Å². The van der Waals surface area contributed by atoms with Crippen molar-refractivity contribution in [3.05, 3.63) is 59.4 Å². The van der Waals surface area contributed by atoms with E-state index in [1.807, 2.05) is 32.0 Å². The van der Waals surface area contributed by atoms with Crippen LogP contribution in [-0.4, -0.2) is 19.1 Å². The first kappa shape index (κ1) is 17.3. The Morgan fingerprint density at radius 2 is 1.88 bits per heavy atom. The van der Waals surface area contributed by atoms with E-state index in [0.717, 1.165) is 11.3 Å². The van der Waals surface area contributed by atoms with Crippen molar-refractivity contribution < 1.29 is 18.7 Å². The van der Waals surface area contributed by atoms with Crippen molar-refractivity contribution in [3.8, 4) is 11.5 Å². The van der Waals surface area contributed by atoms with Crippen LogP contribution >= 0.6 is 0 Å². The van der Waals surface area contributed by atoms with Crippen molar-refractivity contribution in [3.63, 3.8) is 0 Å². The summed E-state index contributed by atoms with van der Waals surface area (Å²) in [5.41, 5.74) is 1.62. The third-order valence-electron chi connectivity index (χ3n) is 4.16. The number of carbonyl (C=O) groups is 1. The fraction of sp³-hybridized carbons (Fsp3) is 0.350. The number of benzene rings is 2. The molecule has 3 rings (SSSR count). The normalized spacial score (nSPS) is 14.2. The van der Waals surface area contributed by atoms with E-state index in [2.05, 4.69) is 5.32 Å². The van der Waals surface area contributed by atoms with E-state index < -0.39 is 0 Å². The summed E-state index contributed by atoms with van der Waals surface area (Å²) in [6, 6.07) is 11.7. The first-order chi connectivity index (χ1) is 12.0. The lowest BCUT2D eigenvalue weighted by atomic mass is 9.95. The number of amides is 1. The molecule has 5 heteroatoms. The van der Waals surface area contributed by atoms with Gasteiger partial charge in [-0.25, -0.2) is 4.39 Å². The second-order valence-corrected chi connectivity index (χ2v) is 6.50.